The van der Waals surface area contributed by atoms with Crippen LogP contribution in [0.3, 0.4) is 0 Å². The summed E-state index contributed by atoms with van der Waals surface area (Å²) in [5.41, 5.74) is 14.7. The van der Waals surface area contributed by atoms with Crippen LogP contribution in [0.5, 0.6) is 11.5 Å². The molecule has 7 aromatic carbocycles. The van der Waals surface area contributed by atoms with E-state index in [1.165, 1.54) is 27.6 Å². The van der Waals surface area contributed by atoms with Crippen molar-refractivity contribution in [1.29, 1.82) is 0 Å². The molecule has 0 radical (unpaired) electrons. The number of nitrogens with zero attached hydrogens (tertiary/aromatic N) is 4. The van der Waals surface area contributed by atoms with Gasteiger partial charge in [0.1, 0.15) is 17.3 Å². The van der Waals surface area contributed by atoms with Gasteiger partial charge in [-0.25, -0.2) is 4.98 Å². The number of hydrogen-bond acceptors (Lipinski definition) is 2. The van der Waals surface area contributed by atoms with Gasteiger partial charge in [-0.1, -0.05) is 164 Å². The Bertz CT molecular complexity index is 3290. The molecule has 63 heavy (non-hydrogen) atoms. The number of pyridine rings is 1. The Balaban J connectivity index is 1.11. The van der Waals surface area contributed by atoms with Crippen molar-refractivity contribution < 1.29 is 9.30 Å². The van der Waals surface area contributed by atoms with Gasteiger partial charge in [0, 0.05) is 23.0 Å². The molecule has 5 heteroatoms. The van der Waals surface area contributed by atoms with E-state index in [1.807, 2.05) is 12.3 Å². The van der Waals surface area contributed by atoms with E-state index in [9.17, 15) is 0 Å². The van der Waals surface area contributed by atoms with Crippen LogP contribution in [0, 0.1) is 6.33 Å². The largest absolute Gasteiger partial charge is 0.458 e. The molecule has 0 atom stereocenters. The third-order valence-electron chi connectivity index (χ3n) is 12.3. The summed E-state index contributed by atoms with van der Waals surface area (Å²) in [6.07, 6.45) is 6.71. The van der Waals surface area contributed by atoms with Gasteiger partial charge >= 0.3 is 0 Å². The minimum Gasteiger partial charge on any atom is -0.458 e. The second-order valence-corrected chi connectivity index (χ2v) is 18.6. The van der Waals surface area contributed by atoms with E-state index < -0.39 is 0 Å². The van der Waals surface area contributed by atoms with Crippen LogP contribution in [-0.2, 0) is 17.3 Å². The number of benzene rings is 7. The van der Waals surface area contributed by atoms with Crippen molar-refractivity contribution >= 4 is 32.8 Å². The van der Waals surface area contributed by atoms with Gasteiger partial charge in [-0.15, -0.1) is 0 Å². The third kappa shape index (κ3) is 7.38. The Morgan fingerprint density at radius 3 is 1.95 bits per heavy atom. The van der Waals surface area contributed by atoms with Crippen LogP contribution in [0.25, 0.3) is 72.3 Å². The first-order valence-corrected chi connectivity index (χ1v) is 22.0. The molecule has 0 aliphatic carbocycles. The number of aryl methyl sites for hydroxylation is 1. The van der Waals surface area contributed by atoms with E-state index >= 15 is 0 Å². The molecule has 0 bridgehead atoms. The lowest BCUT2D eigenvalue weighted by Gasteiger charge is -2.27. The Morgan fingerprint density at radius 1 is 0.556 bits per heavy atom. The fraction of sp³-hybridized carbons (Fsp3) is 0.172. The van der Waals surface area contributed by atoms with E-state index in [0.717, 1.165) is 79.3 Å². The molecule has 10 rings (SSSR count). The van der Waals surface area contributed by atoms with E-state index in [1.54, 1.807) is 0 Å². The van der Waals surface area contributed by atoms with Crippen LogP contribution in [0.15, 0.2) is 176 Å². The predicted octanol–water partition coefficient (Wildman–Crippen LogP) is 14.5. The average molecular weight is 821 g/mol. The van der Waals surface area contributed by atoms with E-state index in [0.29, 0.717) is 0 Å². The molecule has 0 spiro atoms. The molecule has 310 valence electrons. The molecule has 0 N–H and O–H groups in total. The van der Waals surface area contributed by atoms with Crippen LogP contribution in [-0.4, -0.2) is 14.1 Å². The maximum atomic E-state index is 6.75. The number of hydrogen-bond donors (Lipinski definition) is 0. The molecule has 0 aliphatic heterocycles. The van der Waals surface area contributed by atoms with E-state index in [4.69, 9.17) is 9.72 Å². The third-order valence-corrected chi connectivity index (χ3v) is 12.3. The molecule has 3 heterocycles. The first kappa shape index (κ1) is 39.9. The normalized spacial score (nSPS) is 12.1. The summed E-state index contributed by atoms with van der Waals surface area (Å²) in [6, 6.07) is 60.6. The predicted molar refractivity (Wildman–Crippen MR) is 260 cm³/mol. The van der Waals surface area contributed by atoms with Crippen molar-refractivity contribution in [2.45, 2.75) is 65.7 Å². The van der Waals surface area contributed by atoms with Crippen LogP contribution < -0.4 is 9.30 Å². The van der Waals surface area contributed by atoms with Crippen LogP contribution in [0.2, 0.25) is 0 Å². The lowest BCUT2D eigenvalue weighted by Crippen LogP contribution is -2.31. The topological polar surface area (TPSA) is 35.9 Å². The second kappa shape index (κ2) is 15.6. The fourth-order valence-electron chi connectivity index (χ4n) is 8.82. The van der Waals surface area contributed by atoms with E-state index in [-0.39, 0.29) is 10.8 Å². The lowest BCUT2D eigenvalue weighted by atomic mass is 9.78. The molecule has 0 amide bonds. The number of aromatic nitrogens is 4. The monoisotopic (exact) mass is 820 g/mol. The maximum absolute atomic E-state index is 6.75. The van der Waals surface area contributed by atoms with Crippen molar-refractivity contribution in [3.63, 3.8) is 0 Å². The number of ether oxygens (including phenoxy) is 1. The van der Waals surface area contributed by atoms with Crippen LogP contribution in [0.4, 0.5) is 0 Å². The zero-order valence-corrected chi connectivity index (χ0v) is 37.1. The van der Waals surface area contributed by atoms with Crippen molar-refractivity contribution in [3.8, 4) is 50.9 Å². The van der Waals surface area contributed by atoms with Gasteiger partial charge in [0.05, 0.1) is 33.4 Å². The van der Waals surface area contributed by atoms with Gasteiger partial charge in [0.25, 0.3) is 6.33 Å². The summed E-state index contributed by atoms with van der Waals surface area (Å²) < 4.78 is 13.4. The molecule has 3 aromatic heterocycles. The molecule has 0 saturated carbocycles. The summed E-state index contributed by atoms with van der Waals surface area (Å²) in [4.78, 5) is 4.82. The number of fused-ring (bicyclic) bond motifs is 4. The first-order chi connectivity index (χ1) is 30.4. The van der Waals surface area contributed by atoms with Gasteiger partial charge in [-0.05, 0) is 105 Å². The second-order valence-electron chi connectivity index (χ2n) is 18.6. The Kier molecular flexibility index (Phi) is 9.87. The van der Waals surface area contributed by atoms with Crippen molar-refractivity contribution in [3.05, 3.63) is 199 Å². The summed E-state index contributed by atoms with van der Waals surface area (Å²) in [5.74, 6) is 2.38. The number of rotatable bonds is 8. The quantitative estimate of drug-likeness (QED) is 0.113. The number of imidazole rings is 1. The zero-order chi connectivity index (χ0) is 43.5. The van der Waals surface area contributed by atoms with Gasteiger partial charge in [0.15, 0.2) is 0 Å². The molecule has 0 saturated heterocycles. The summed E-state index contributed by atoms with van der Waals surface area (Å²) >= 11 is 0. The zero-order valence-electron chi connectivity index (χ0n) is 37.1. The smallest absolute Gasteiger partial charge is 0.269 e. The SMILES string of the molecule is CCc1ccnc(-n2c3ccccc3c3ccc(Oc4cccc(-n5[c-][n+](-c6c(-c7ccccc7)cccc6-c6cc(C(C)(C)C)cc(C(C)(C)C)c6)c6ccccc65)c4)cc32)c1. The fourth-order valence-corrected chi connectivity index (χ4v) is 8.82. The highest BCUT2D eigenvalue weighted by Crippen LogP contribution is 2.40. The summed E-state index contributed by atoms with van der Waals surface area (Å²) in [6.45, 7) is 16.0. The highest BCUT2D eigenvalue weighted by molar-refractivity contribution is 6.09. The summed E-state index contributed by atoms with van der Waals surface area (Å²) in [5, 5.41) is 2.34. The minimum absolute atomic E-state index is 0.0302. The van der Waals surface area contributed by atoms with Gasteiger partial charge in [-0.2, -0.15) is 0 Å². The van der Waals surface area contributed by atoms with Gasteiger partial charge in [0.2, 0.25) is 0 Å². The van der Waals surface area contributed by atoms with E-state index in [2.05, 4.69) is 232 Å². The maximum Gasteiger partial charge on any atom is 0.269 e. The highest BCUT2D eigenvalue weighted by atomic mass is 16.5. The van der Waals surface area contributed by atoms with Crippen molar-refractivity contribution in [2.75, 3.05) is 0 Å². The lowest BCUT2D eigenvalue weighted by molar-refractivity contribution is -0.571. The Hall–Kier alpha value is -7.24. The van der Waals surface area contributed by atoms with Crippen LogP contribution in [0.1, 0.15) is 65.2 Å². The molecule has 0 aliphatic rings. The average Bonchev–Trinajstić information content (AvgIpc) is 3.84. The number of para-hydroxylation sites is 4. The molecule has 10 aromatic rings. The van der Waals surface area contributed by atoms with Crippen molar-refractivity contribution in [1.82, 2.24) is 14.1 Å². The van der Waals surface area contributed by atoms with Gasteiger partial charge in [-0.3, -0.25) is 13.7 Å². The Labute approximate surface area is 370 Å². The molecular weight excluding hydrogens is 769 g/mol. The highest BCUT2D eigenvalue weighted by Gasteiger charge is 2.25. The van der Waals surface area contributed by atoms with Crippen LogP contribution >= 0.6 is 0 Å². The standard InChI is InChI=1S/C58H52N4O/c1-8-39-30-31-59-55(32-39)62-51-25-13-12-22-49(51)50-29-28-46(37-54(50)62)63-45-21-16-20-44(36-45)60-38-61(53-27-15-14-26-52(53)60)56-47(40-18-10-9-11-19-40)23-17-24-48(56)41-33-42(57(2,3)4)35-43(34-41)58(5,6)7/h9-37H,8H2,1-7H3. The molecular formula is C58H52N4O. The Morgan fingerprint density at radius 2 is 1.21 bits per heavy atom. The molecule has 5 nitrogen and oxygen atoms in total. The summed E-state index contributed by atoms with van der Waals surface area (Å²) in [7, 11) is 0. The van der Waals surface area contributed by atoms with Gasteiger partial charge < -0.3 is 4.74 Å². The molecule has 0 unspecified atom stereocenters. The minimum atomic E-state index is -0.0302. The first-order valence-electron chi connectivity index (χ1n) is 22.0. The molecule has 0 fully saturated rings. The van der Waals surface area contributed by atoms with Crippen molar-refractivity contribution in [2.24, 2.45) is 0 Å².